The maximum Gasteiger partial charge on any atom is 0.323 e. The van der Waals surface area contributed by atoms with Gasteiger partial charge in [-0.3, -0.25) is 10.0 Å². The van der Waals surface area contributed by atoms with Gasteiger partial charge in [0.25, 0.3) is 5.91 Å². The standard InChI is InChI=1S/C21H19N3O4/c1-28-19-7-3-6-18(13-19)23-21(26)22-17-5-2-4-16(12-17)14-8-10-15(11-9-14)20(25)24-27/h2-13,27H,1H3,(H,24,25)(H2,22,23,26). The lowest BCUT2D eigenvalue weighted by Gasteiger charge is -2.10. The first-order chi connectivity index (χ1) is 13.6. The maximum absolute atomic E-state index is 12.3. The van der Waals surface area contributed by atoms with Gasteiger partial charge in [0.05, 0.1) is 7.11 Å². The highest BCUT2D eigenvalue weighted by atomic mass is 16.5. The molecule has 0 aliphatic rings. The first-order valence-electron chi connectivity index (χ1n) is 8.46. The van der Waals surface area contributed by atoms with Crippen LogP contribution in [0.3, 0.4) is 0 Å². The molecule has 0 saturated carbocycles. The zero-order valence-electron chi connectivity index (χ0n) is 15.1. The van der Waals surface area contributed by atoms with E-state index in [2.05, 4.69) is 10.6 Å². The molecule has 0 atom stereocenters. The molecular formula is C21H19N3O4. The quantitative estimate of drug-likeness (QED) is 0.397. The van der Waals surface area contributed by atoms with E-state index in [0.717, 1.165) is 11.1 Å². The zero-order chi connectivity index (χ0) is 19.9. The van der Waals surface area contributed by atoms with E-state index in [4.69, 9.17) is 9.94 Å². The second-order valence-corrected chi connectivity index (χ2v) is 5.91. The van der Waals surface area contributed by atoms with Crippen LogP contribution >= 0.6 is 0 Å². The number of hydroxylamine groups is 1. The SMILES string of the molecule is COc1cccc(NC(=O)Nc2cccc(-c3ccc(C(=O)NO)cc3)c2)c1. The Balaban J connectivity index is 1.70. The highest BCUT2D eigenvalue weighted by molar-refractivity contribution is 6.00. The van der Waals surface area contributed by atoms with Gasteiger partial charge in [0.1, 0.15) is 5.75 Å². The van der Waals surface area contributed by atoms with Gasteiger partial charge in [-0.2, -0.15) is 0 Å². The molecular weight excluding hydrogens is 358 g/mol. The van der Waals surface area contributed by atoms with Crippen LogP contribution in [0.15, 0.2) is 72.8 Å². The fourth-order valence-corrected chi connectivity index (χ4v) is 2.65. The summed E-state index contributed by atoms with van der Waals surface area (Å²) in [6, 6.07) is 20.8. The molecule has 0 aliphatic carbocycles. The van der Waals surface area contributed by atoms with Crippen LogP contribution in [0.25, 0.3) is 11.1 Å². The number of carbonyl (C=O) groups excluding carboxylic acids is 2. The highest BCUT2D eigenvalue weighted by Crippen LogP contribution is 2.23. The molecule has 0 unspecified atom stereocenters. The molecule has 0 aliphatic heterocycles. The van der Waals surface area contributed by atoms with Crippen molar-refractivity contribution in [2.75, 3.05) is 17.7 Å². The van der Waals surface area contributed by atoms with E-state index in [9.17, 15) is 9.59 Å². The molecule has 4 N–H and O–H groups in total. The Labute approximate surface area is 161 Å². The number of carbonyl (C=O) groups is 2. The first kappa shape index (κ1) is 18.9. The largest absolute Gasteiger partial charge is 0.497 e. The maximum atomic E-state index is 12.3. The normalized spacial score (nSPS) is 10.1. The van der Waals surface area contributed by atoms with Crippen LogP contribution in [-0.2, 0) is 0 Å². The molecule has 0 bridgehead atoms. The van der Waals surface area contributed by atoms with Crippen molar-refractivity contribution in [1.82, 2.24) is 5.48 Å². The third-order valence-corrected chi connectivity index (χ3v) is 4.03. The smallest absolute Gasteiger partial charge is 0.323 e. The summed E-state index contributed by atoms with van der Waals surface area (Å²) in [5, 5.41) is 14.2. The van der Waals surface area contributed by atoms with E-state index in [1.165, 1.54) is 0 Å². The van der Waals surface area contributed by atoms with Crippen LogP contribution < -0.4 is 20.9 Å². The molecule has 3 rings (SSSR count). The lowest BCUT2D eigenvalue weighted by molar-refractivity contribution is 0.0706. The molecule has 3 amide bonds. The lowest BCUT2D eigenvalue weighted by atomic mass is 10.0. The van der Waals surface area contributed by atoms with Crippen molar-refractivity contribution in [2.45, 2.75) is 0 Å². The predicted octanol–water partition coefficient (Wildman–Crippen LogP) is 4.13. The number of nitrogens with one attached hydrogen (secondary N) is 3. The summed E-state index contributed by atoms with van der Waals surface area (Å²) in [6.07, 6.45) is 0. The number of urea groups is 1. The molecule has 0 spiro atoms. The zero-order valence-corrected chi connectivity index (χ0v) is 15.1. The van der Waals surface area contributed by atoms with E-state index >= 15 is 0 Å². The van der Waals surface area contributed by atoms with E-state index in [1.54, 1.807) is 67.2 Å². The second kappa shape index (κ2) is 8.70. The Hall–Kier alpha value is -3.84. The van der Waals surface area contributed by atoms with Crippen molar-refractivity contribution in [2.24, 2.45) is 0 Å². The van der Waals surface area contributed by atoms with Gasteiger partial charge in [-0.25, -0.2) is 10.3 Å². The van der Waals surface area contributed by atoms with Crippen molar-refractivity contribution in [3.05, 3.63) is 78.4 Å². The van der Waals surface area contributed by atoms with Gasteiger partial charge in [-0.1, -0.05) is 30.3 Å². The number of anilines is 2. The van der Waals surface area contributed by atoms with Gasteiger partial charge in [0, 0.05) is 23.0 Å². The van der Waals surface area contributed by atoms with Gasteiger partial charge < -0.3 is 15.4 Å². The van der Waals surface area contributed by atoms with Crippen molar-refractivity contribution in [3.8, 4) is 16.9 Å². The molecule has 0 saturated heterocycles. The van der Waals surface area contributed by atoms with Crippen LogP contribution in [0.4, 0.5) is 16.2 Å². The minimum atomic E-state index is -0.573. The third kappa shape index (κ3) is 4.66. The number of rotatable bonds is 5. The molecule has 3 aromatic carbocycles. The number of hydrogen-bond acceptors (Lipinski definition) is 4. The highest BCUT2D eigenvalue weighted by Gasteiger charge is 2.07. The van der Waals surface area contributed by atoms with E-state index in [1.807, 2.05) is 18.2 Å². The Kier molecular flexibility index (Phi) is 5.88. The van der Waals surface area contributed by atoms with Gasteiger partial charge in [0.15, 0.2) is 0 Å². The summed E-state index contributed by atoms with van der Waals surface area (Å²) in [4.78, 5) is 23.7. The molecule has 0 radical (unpaired) electrons. The van der Waals surface area contributed by atoms with E-state index in [0.29, 0.717) is 22.7 Å². The average molecular weight is 377 g/mol. The molecule has 0 heterocycles. The molecule has 7 heteroatoms. The minimum Gasteiger partial charge on any atom is -0.497 e. The number of ether oxygens (including phenoxy) is 1. The van der Waals surface area contributed by atoms with E-state index < -0.39 is 5.91 Å². The van der Waals surface area contributed by atoms with Crippen molar-refractivity contribution in [3.63, 3.8) is 0 Å². The molecule has 142 valence electrons. The van der Waals surface area contributed by atoms with Gasteiger partial charge in [-0.05, 0) is 47.5 Å². The van der Waals surface area contributed by atoms with Crippen molar-refractivity contribution < 1.29 is 19.5 Å². The fourth-order valence-electron chi connectivity index (χ4n) is 2.65. The van der Waals surface area contributed by atoms with Crippen LogP contribution in [0.1, 0.15) is 10.4 Å². The van der Waals surface area contributed by atoms with Crippen molar-refractivity contribution >= 4 is 23.3 Å². The summed E-state index contributed by atoms with van der Waals surface area (Å²) >= 11 is 0. The van der Waals surface area contributed by atoms with Gasteiger partial charge in [0.2, 0.25) is 0 Å². The predicted molar refractivity (Wildman–Crippen MR) is 107 cm³/mol. The molecule has 0 aromatic heterocycles. The van der Waals surface area contributed by atoms with Crippen LogP contribution in [0.5, 0.6) is 5.75 Å². The fraction of sp³-hybridized carbons (Fsp3) is 0.0476. The van der Waals surface area contributed by atoms with Crippen LogP contribution in [0.2, 0.25) is 0 Å². The topological polar surface area (TPSA) is 99.7 Å². The second-order valence-electron chi connectivity index (χ2n) is 5.91. The molecule has 28 heavy (non-hydrogen) atoms. The number of methoxy groups -OCH3 is 1. The Morgan fingerprint density at radius 1 is 0.821 bits per heavy atom. The monoisotopic (exact) mass is 377 g/mol. The number of benzene rings is 3. The first-order valence-corrected chi connectivity index (χ1v) is 8.46. The molecule has 3 aromatic rings. The Morgan fingerprint density at radius 3 is 2.11 bits per heavy atom. The Bertz CT molecular complexity index is 987. The molecule has 7 nitrogen and oxygen atoms in total. The lowest BCUT2D eigenvalue weighted by Crippen LogP contribution is -2.19. The summed E-state index contributed by atoms with van der Waals surface area (Å²) in [7, 11) is 1.56. The number of hydrogen-bond donors (Lipinski definition) is 4. The van der Waals surface area contributed by atoms with Gasteiger partial charge in [-0.15, -0.1) is 0 Å². The third-order valence-electron chi connectivity index (χ3n) is 4.03. The summed E-state index contributed by atoms with van der Waals surface area (Å²) < 4.78 is 5.14. The van der Waals surface area contributed by atoms with Gasteiger partial charge >= 0.3 is 6.03 Å². The molecule has 0 fully saturated rings. The number of amides is 3. The minimum absolute atomic E-state index is 0.346. The summed E-state index contributed by atoms with van der Waals surface area (Å²) in [5.74, 6) is 0.0781. The Morgan fingerprint density at radius 2 is 1.46 bits per heavy atom. The van der Waals surface area contributed by atoms with Crippen LogP contribution in [0, 0.1) is 0 Å². The van der Waals surface area contributed by atoms with E-state index in [-0.39, 0.29) is 6.03 Å². The van der Waals surface area contributed by atoms with Crippen LogP contribution in [-0.4, -0.2) is 24.3 Å². The van der Waals surface area contributed by atoms with Crippen molar-refractivity contribution in [1.29, 1.82) is 0 Å². The average Bonchev–Trinajstić information content (AvgIpc) is 2.73. The summed E-state index contributed by atoms with van der Waals surface area (Å²) in [5.41, 5.74) is 4.92. The summed E-state index contributed by atoms with van der Waals surface area (Å²) in [6.45, 7) is 0.